The van der Waals surface area contributed by atoms with Crippen LogP contribution in [0.1, 0.15) is 12.8 Å². The van der Waals surface area contributed by atoms with E-state index in [0.29, 0.717) is 12.1 Å². The van der Waals surface area contributed by atoms with Gasteiger partial charge in [0.25, 0.3) is 0 Å². The molecular formula is C28H48ClIN6O2. The first kappa shape index (κ1) is 34.5. The molecule has 2 aliphatic heterocycles. The number of aliphatic hydroxyl groups excluding tert-OH is 2. The number of quaternary nitrogens is 2. The van der Waals surface area contributed by atoms with Crippen LogP contribution >= 0.6 is 0 Å². The molecule has 2 fully saturated rings. The molecule has 2 aliphatic rings. The highest BCUT2D eigenvalue weighted by atomic mass is 127. The molecule has 2 unspecified atom stereocenters. The SMILES string of the molecule is C[N+](C)(CCO)C1CCN(c2ccc(N)cc2)C1.C[N+](C)(CCO)C1CCN(c2ccc(N)cc2)C1.[Cl-].[I-]. The van der Waals surface area contributed by atoms with Crippen molar-refractivity contribution in [1.82, 2.24) is 0 Å². The summed E-state index contributed by atoms with van der Waals surface area (Å²) in [7, 11) is 8.81. The number of nitrogens with two attached hydrogens (primary N) is 2. The zero-order chi connectivity index (χ0) is 26.3. The van der Waals surface area contributed by atoms with Crippen molar-refractivity contribution >= 4 is 22.7 Å². The molecule has 0 aromatic heterocycles. The highest BCUT2D eigenvalue weighted by Gasteiger charge is 2.35. The van der Waals surface area contributed by atoms with E-state index in [9.17, 15) is 0 Å². The number of nitrogen functional groups attached to an aromatic ring is 2. The van der Waals surface area contributed by atoms with E-state index in [0.717, 1.165) is 59.6 Å². The maximum Gasteiger partial charge on any atom is 0.108 e. The molecule has 0 bridgehead atoms. The quantitative estimate of drug-likeness (QED) is 0.130. The van der Waals surface area contributed by atoms with Gasteiger partial charge in [0.05, 0.1) is 54.5 Å². The summed E-state index contributed by atoms with van der Waals surface area (Å²) in [4.78, 5) is 4.81. The smallest absolute Gasteiger partial charge is 0.108 e. The lowest BCUT2D eigenvalue weighted by atomic mass is 10.2. The molecule has 2 atom stereocenters. The van der Waals surface area contributed by atoms with Crippen molar-refractivity contribution in [2.24, 2.45) is 0 Å². The van der Waals surface area contributed by atoms with Gasteiger partial charge in [-0.3, -0.25) is 0 Å². The molecule has 2 aromatic carbocycles. The van der Waals surface area contributed by atoms with E-state index < -0.39 is 0 Å². The molecule has 0 saturated carbocycles. The third kappa shape index (κ3) is 9.31. The number of rotatable bonds is 8. The van der Waals surface area contributed by atoms with Gasteiger partial charge < -0.3 is 76.8 Å². The molecule has 2 saturated heterocycles. The van der Waals surface area contributed by atoms with E-state index in [2.05, 4.69) is 62.3 Å². The summed E-state index contributed by atoms with van der Waals surface area (Å²) in [5.74, 6) is 0. The van der Waals surface area contributed by atoms with Gasteiger partial charge in [0.1, 0.15) is 25.2 Å². The van der Waals surface area contributed by atoms with Gasteiger partial charge >= 0.3 is 0 Å². The first-order chi connectivity index (χ1) is 17.1. The fraction of sp³-hybridized carbons (Fsp3) is 0.571. The van der Waals surface area contributed by atoms with Crippen molar-refractivity contribution < 1.29 is 55.6 Å². The third-order valence-corrected chi connectivity index (χ3v) is 8.17. The van der Waals surface area contributed by atoms with Crippen LogP contribution in [0.2, 0.25) is 0 Å². The Labute approximate surface area is 252 Å². The standard InChI is InChI=1S/2C14H24N3O.ClH.HI/c2*1-17(2,9-10-18)14-7-8-16(11-14)13-5-3-12(15)4-6-13;;/h2*3-6,14,18H,7-11,15H2,1-2H3;2*1H/q2*+1;;/p-2. The van der Waals surface area contributed by atoms with Crippen LogP contribution in [0.25, 0.3) is 0 Å². The number of nitrogens with zero attached hydrogens (tertiary/aromatic N) is 4. The second-order valence-corrected chi connectivity index (χ2v) is 11.4. The van der Waals surface area contributed by atoms with Crippen LogP contribution in [0, 0.1) is 0 Å². The lowest BCUT2D eigenvalue weighted by Crippen LogP contribution is -3.00. The summed E-state index contributed by atoms with van der Waals surface area (Å²) < 4.78 is 1.78. The van der Waals surface area contributed by atoms with E-state index in [-0.39, 0.29) is 49.6 Å². The van der Waals surface area contributed by atoms with Crippen molar-refractivity contribution in [1.29, 1.82) is 0 Å². The third-order valence-electron chi connectivity index (χ3n) is 8.17. The number of hydrogen-bond donors (Lipinski definition) is 4. The minimum absolute atomic E-state index is 0. The van der Waals surface area contributed by atoms with Gasteiger partial charge in [-0.15, -0.1) is 0 Å². The number of aliphatic hydroxyl groups is 2. The Bertz CT molecular complexity index is 868. The highest BCUT2D eigenvalue weighted by Crippen LogP contribution is 2.27. The van der Waals surface area contributed by atoms with Crippen LogP contribution in [-0.4, -0.2) is 112 Å². The monoisotopic (exact) mass is 662 g/mol. The van der Waals surface area contributed by atoms with Crippen LogP contribution in [0.5, 0.6) is 0 Å². The van der Waals surface area contributed by atoms with E-state index in [1.165, 1.54) is 24.2 Å². The van der Waals surface area contributed by atoms with Crippen molar-refractivity contribution in [3.05, 3.63) is 48.5 Å². The van der Waals surface area contributed by atoms with E-state index in [1.807, 2.05) is 24.3 Å². The molecule has 4 rings (SSSR count). The van der Waals surface area contributed by atoms with Crippen LogP contribution in [-0.2, 0) is 0 Å². The Hall–Kier alpha value is -1.50. The van der Waals surface area contributed by atoms with Crippen molar-refractivity contribution in [2.45, 2.75) is 24.9 Å². The minimum Gasteiger partial charge on any atom is -1.00 e. The molecule has 216 valence electrons. The zero-order valence-corrected chi connectivity index (χ0v) is 26.4. The lowest BCUT2D eigenvalue weighted by molar-refractivity contribution is -0.912. The number of benzene rings is 2. The fourth-order valence-electron chi connectivity index (χ4n) is 5.34. The predicted octanol–water partition coefficient (Wildman–Crippen LogP) is -4.16. The Morgan fingerprint density at radius 1 is 0.684 bits per heavy atom. The molecule has 2 aromatic rings. The van der Waals surface area contributed by atoms with Gasteiger partial charge in [-0.25, -0.2) is 0 Å². The summed E-state index contributed by atoms with van der Waals surface area (Å²) >= 11 is 0. The predicted molar refractivity (Wildman–Crippen MR) is 151 cm³/mol. The maximum absolute atomic E-state index is 9.13. The molecule has 2 heterocycles. The van der Waals surface area contributed by atoms with Gasteiger partial charge in [-0.2, -0.15) is 0 Å². The van der Waals surface area contributed by atoms with Crippen LogP contribution in [0.3, 0.4) is 0 Å². The molecule has 0 spiro atoms. The Kier molecular flexibility index (Phi) is 13.9. The number of hydrogen-bond acceptors (Lipinski definition) is 6. The summed E-state index contributed by atoms with van der Waals surface area (Å²) in [6.45, 7) is 6.43. The van der Waals surface area contributed by atoms with Gasteiger partial charge in [-0.05, 0) is 48.5 Å². The lowest BCUT2D eigenvalue weighted by Gasteiger charge is -2.35. The summed E-state index contributed by atoms with van der Waals surface area (Å²) in [6, 6.07) is 17.4. The van der Waals surface area contributed by atoms with Crippen LogP contribution in [0.4, 0.5) is 22.7 Å². The molecule has 10 heteroatoms. The molecule has 0 radical (unpaired) electrons. The van der Waals surface area contributed by atoms with Gasteiger partial charge in [-0.1, -0.05) is 0 Å². The minimum atomic E-state index is 0. The number of likely N-dealkylation sites (N-methyl/N-ethyl adjacent to an activating group) is 2. The molecular weight excluding hydrogens is 615 g/mol. The van der Waals surface area contributed by atoms with E-state index in [4.69, 9.17) is 21.7 Å². The van der Waals surface area contributed by atoms with Crippen molar-refractivity contribution in [2.75, 3.05) is 102 Å². The fourth-order valence-corrected chi connectivity index (χ4v) is 5.34. The maximum atomic E-state index is 9.13. The Morgan fingerprint density at radius 3 is 1.29 bits per heavy atom. The topological polar surface area (TPSA) is 99.0 Å². The second kappa shape index (κ2) is 15.3. The Balaban J connectivity index is 0.000000361. The second-order valence-electron chi connectivity index (χ2n) is 11.4. The highest BCUT2D eigenvalue weighted by molar-refractivity contribution is 5.54. The zero-order valence-electron chi connectivity index (χ0n) is 23.4. The van der Waals surface area contributed by atoms with Crippen molar-refractivity contribution in [3.63, 3.8) is 0 Å². The number of halogens is 2. The average Bonchev–Trinajstić information content (AvgIpc) is 3.52. The van der Waals surface area contributed by atoms with Crippen LogP contribution in [0.15, 0.2) is 48.5 Å². The number of anilines is 4. The normalized spacial score (nSPS) is 19.3. The first-order valence-corrected chi connectivity index (χ1v) is 13.1. The molecule has 0 amide bonds. The van der Waals surface area contributed by atoms with E-state index >= 15 is 0 Å². The molecule has 8 nitrogen and oxygen atoms in total. The van der Waals surface area contributed by atoms with Crippen molar-refractivity contribution in [3.8, 4) is 0 Å². The van der Waals surface area contributed by atoms with Crippen LogP contribution < -0.4 is 57.7 Å². The largest absolute Gasteiger partial charge is 1.00 e. The summed E-state index contributed by atoms with van der Waals surface area (Å²) in [5.41, 5.74) is 15.5. The van der Waals surface area contributed by atoms with Gasteiger partial charge in [0.15, 0.2) is 0 Å². The molecule has 6 N–H and O–H groups in total. The van der Waals surface area contributed by atoms with Gasteiger partial charge in [0.2, 0.25) is 0 Å². The molecule has 0 aliphatic carbocycles. The first-order valence-electron chi connectivity index (χ1n) is 13.1. The van der Waals surface area contributed by atoms with E-state index in [1.54, 1.807) is 0 Å². The summed E-state index contributed by atoms with van der Waals surface area (Å²) in [5, 5.41) is 18.3. The Morgan fingerprint density at radius 2 is 1.00 bits per heavy atom. The summed E-state index contributed by atoms with van der Waals surface area (Å²) in [6.07, 6.45) is 2.36. The van der Waals surface area contributed by atoms with Gasteiger partial charge in [0, 0.05) is 48.7 Å². The average molecular weight is 663 g/mol. The molecule has 38 heavy (non-hydrogen) atoms.